The highest BCUT2D eigenvalue weighted by Gasteiger charge is 2.29. The van der Waals surface area contributed by atoms with Gasteiger partial charge in [-0.1, -0.05) is 0 Å². The van der Waals surface area contributed by atoms with E-state index in [0.29, 0.717) is 19.6 Å². The Morgan fingerprint density at radius 3 is 2.55 bits per heavy atom. The second-order valence-electron chi connectivity index (χ2n) is 5.87. The number of methoxy groups -OCH3 is 1. The second kappa shape index (κ2) is 8.74. The van der Waals surface area contributed by atoms with Crippen LogP contribution in [0.5, 0.6) is 0 Å². The molecule has 0 spiro atoms. The smallest absolute Gasteiger partial charge is 0.220 e. The largest absolute Gasteiger partial charge is 0.385 e. The normalized spacial score (nSPS) is 18.1. The maximum atomic E-state index is 11.8. The van der Waals surface area contributed by atoms with Crippen molar-refractivity contribution in [2.45, 2.75) is 38.6 Å². The Morgan fingerprint density at radius 1 is 1.30 bits per heavy atom. The Morgan fingerprint density at radius 2 is 1.95 bits per heavy atom. The molecule has 1 amide bonds. The van der Waals surface area contributed by atoms with Gasteiger partial charge in [0.1, 0.15) is 0 Å². The van der Waals surface area contributed by atoms with Crippen molar-refractivity contribution in [2.24, 2.45) is 0 Å². The highest BCUT2D eigenvalue weighted by atomic mass is 32.2. The highest BCUT2D eigenvalue weighted by Crippen LogP contribution is 2.16. The number of carbonyl (C=O) groups excluding carboxylic acids is 1. The summed E-state index contributed by atoms with van der Waals surface area (Å²) < 4.78 is 16.3. The Hall–Kier alpha value is -0.460. The number of rotatable bonds is 8. The topological polar surface area (TPSA) is 58.6 Å². The standard InChI is InChI=1S/C14H28N2O3S/c1-14(2,16-7-10-20(18)11-8-16)12-15-13(17)6-4-5-9-19-3/h4-12H2,1-3H3,(H,15,17). The van der Waals surface area contributed by atoms with Crippen LogP contribution in [0.3, 0.4) is 0 Å². The summed E-state index contributed by atoms with van der Waals surface area (Å²) in [7, 11) is 1.02. The van der Waals surface area contributed by atoms with Crippen molar-refractivity contribution in [3.05, 3.63) is 0 Å². The van der Waals surface area contributed by atoms with Gasteiger partial charge in [-0.25, -0.2) is 0 Å². The Kier molecular flexibility index (Phi) is 7.69. The molecule has 1 aliphatic heterocycles. The van der Waals surface area contributed by atoms with Crippen LogP contribution in [0.15, 0.2) is 0 Å². The molecule has 0 aromatic heterocycles. The van der Waals surface area contributed by atoms with Crippen LogP contribution in [0.25, 0.3) is 0 Å². The lowest BCUT2D eigenvalue weighted by atomic mass is 10.0. The highest BCUT2D eigenvalue weighted by molar-refractivity contribution is 7.85. The van der Waals surface area contributed by atoms with Crippen LogP contribution < -0.4 is 5.32 Å². The fraction of sp³-hybridized carbons (Fsp3) is 0.929. The average Bonchev–Trinajstić information content (AvgIpc) is 2.42. The molecule has 5 nitrogen and oxygen atoms in total. The van der Waals surface area contributed by atoms with Crippen molar-refractivity contribution in [1.82, 2.24) is 10.2 Å². The summed E-state index contributed by atoms with van der Waals surface area (Å²) in [5.74, 6) is 1.60. The number of amides is 1. The molecule has 118 valence electrons. The van der Waals surface area contributed by atoms with Crippen LogP contribution in [0, 0.1) is 0 Å². The molecule has 0 aliphatic carbocycles. The number of carbonyl (C=O) groups is 1. The fourth-order valence-electron chi connectivity index (χ4n) is 2.29. The van der Waals surface area contributed by atoms with Gasteiger partial charge in [0.15, 0.2) is 0 Å². The SMILES string of the molecule is COCCCCC(=O)NCC(C)(C)N1CCS(=O)CC1. The summed E-state index contributed by atoms with van der Waals surface area (Å²) in [5.41, 5.74) is -0.0766. The fourth-order valence-corrected chi connectivity index (χ4v) is 3.34. The Balaban J connectivity index is 2.24. The lowest BCUT2D eigenvalue weighted by Crippen LogP contribution is -2.55. The molecular weight excluding hydrogens is 276 g/mol. The van der Waals surface area contributed by atoms with Gasteiger partial charge in [0.2, 0.25) is 5.91 Å². The van der Waals surface area contributed by atoms with Crippen LogP contribution >= 0.6 is 0 Å². The van der Waals surface area contributed by atoms with Crippen LogP contribution in [0.1, 0.15) is 33.1 Å². The minimum atomic E-state index is -0.656. The monoisotopic (exact) mass is 304 g/mol. The van der Waals surface area contributed by atoms with E-state index in [2.05, 4.69) is 24.1 Å². The van der Waals surface area contributed by atoms with Gasteiger partial charge in [-0.3, -0.25) is 13.9 Å². The summed E-state index contributed by atoms with van der Waals surface area (Å²) in [5, 5.41) is 3.01. The van der Waals surface area contributed by atoms with Crippen molar-refractivity contribution in [3.8, 4) is 0 Å². The predicted octanol–water partition coefficient (Wildman–Crippen LogP) is 0.762. The van der Waals surface area contributed by atoms with E-state index in [1.165, 1.54) is 0 Å². The second-order valence-corrected chi connectivity index (χ2v) is 7.57. The van der Waals surface area contributed by atoms with E-state index in [-0.39, 0.29) is 11.4 Å². The third-order valence-corrected chi connectivity index (χ3v) is 5.03. The van der Waals surface area contributed by atoms with Gasteiger partial charge in [-0.05, 0) is 26.7 Å². The summed E-state index contributed by atoms with van der Waals surface area (Å²) in [6.45, 7) is 7.32. The minimum Gasteiger partial charge on any atom is -0.385 e. The first-order valence-corrected chi connectivity index (χ1v) is 8.80. The number of hydrogen-bond donors (Lipinski definition) is 1. The molecule has 0 unspecified atom stereocenters. The van der Waals surface area contributed by atoms with Gasteiger partial charge >= 0.3 is 0 Å². The lowest BCUT2D eigenvalue weighted by Gasteiger charge is -2.40. The average molecular weight is 304 g/mol. The Labute approximate surface area is 124 Å². The first-order chi connectivity index (χ1) is 9.45. The molecule has 1 N–H and O–H groups in total. The first-order valence-electron chi connectivity index (χ1n) is 7.31. The molecule has 0 bridgehead atoms. The Bertz CT molecular complexity index is 324. The van der Waals surface area contributed by atoms with E-state index < -0.39 is 10.8 Å². The number of ether oxygens (including phenoxy) is 1. The molecule has 0 aromatic carbocycles. The molecule has 0 saturated carbocycles. The van der Waals surface area contributed by atoms with E-state index in [4.69, 9.17) is 4.74 Å². The number of nitrogens with zero attached hydrogens (tertiary/aromatic N) is 1. The molecule has 0 atom stereocenters. The maximum Gasteiger partial charge on any atom is 0.220 e. The van der Waals surface area contributed by atoms with Gasteiger partial charge in [-0.15, -0.1) is 0 Å². The molecule has 1 rings (SSSR count). The molecule has 0 aromatic rings. The minimum absolute atomic E-state index is 0.0766. The summed E-state index contributed by atoms with van der Waals surface area (Å²) >= 11 is 0. The van der Waals surface area contributed by atoms with Gasteiger partial charge in [0, 0.05) is 67.6 Å². The number of nitrogens with one attached hydrogen (secondary N) is 1. The molecule has 1 aliphatic rings. The lowest BCUT2D eigenvalue weighted by molar-refractivity contribution is -0.121. The van der Waals surface area contributed by atoms with Crippen molar-refractivity contribution in [1.29, 1.82) is 0 Å². The molecule has 0 radical (unpaired) electrons. The number of unbranched alkanes of at least 4 members (excludes halogenated alkanes) is 1. The van der Waals surface area contributed by atoms with Gasteiger partial charge in [0.25, 0.3) is 0 Å². The van der Waals surface area contributed by atoms with E-state index in [1.807, 2.05) is 0 Å². The van der Waals surface area contributed by atoms with Crippen molar-refractivity contribution in [2.75, 3.05) is 44.9 Å². The predicted molar refractivity (Wildman–Crippen MR) is 82.3 cm³/mol. The van der Waals surface area contributed by atoms with E-state index in [9.17, 15) is 9.00 Å². The zero-order chi connectivity index (χ0) is 15.0. The summed E-state index contributed by atoms with van der Waals surface area (Å²) in [6, 6.07) is 0. The van der Waals surface area contributed by atoms with Crippen LogP contribution in [-0.4, -0.2) is 65.4 Å². The van der Waals surface area contributed by atoms with Gasteiger partial charge in [0.05, 0.1) is 0 Å². The zero-order valence-electron chi connectivity index (χ0n) is 12.9. The molecular formula is C14H28N2O3S. The van der Waals surface area contributed by atoms with Crippen molar-refractivity contribution in [3.63, 3.8) is 0 Å². The maximum absolute atomic E-state index is 11.8. The zero-order valence-corrected chi connectivity index (χ0v) is 13.8. The molecule has 1 fully saturated rings. The third kappa shape index (κ3) is 6.33. The van der Waals surface area contributed by atoms with Crippen LogP contribution in [0.4, 0.5) is 0 Å². The van der Waals surface area contributed by atoms with Crippen molar-refractivity contribution >= 4 is 16.7 Å². The number of hydrogen-bond acceptors (Lipinski definition) is 4. The molecule has 6 heteroatoms. The molecule has 20 heavy (non-hydrogen) atoms. The molecule has 1 saturated heterocycles. The van der Waals surface area contributed by atoms with E-state index in [0.717, 1.165) is 37.4 Å². The first kappa shape index (κ1) is 17.6. The summed E-state index contributed by atoms with van der Waals surface area (Å²) in [6.07, 6.45) is 2.34. The van der Waals surface area contributed by atoms with Gasteiger partial charge in [-0.2, -0.15) is 0 Å². The molecule has 1 heterocycles. The summed E-state index contributed by atoms with van der Waals surface area (Å²) in [4.78, 5) is 14.1. The van der Waals surface area contributed by atoms with Crippen LogP contribution in [0.2, 0.25) is 0 Å². The van der Waals surface area contributed by atoms with Crippen molar-refractivity contribution < 1.29 is 13.7 Å². The van der Waals surface area contributed by atoms with E-state index >= 15 is 0 Å². The quantitative estimate of drug-likeness (QED) is 0.673. The van der Waals surface area contributed by atoms with Gasteiger partial charge < -0.3 is 10.1 Å². The third-order valence-electron chi connectivity index (χ3n) is 3.75. The van der Waals surface area contributed by atoms with E-state index in [1.54, 1.807) is 7.11 Å². The van der Waals surface area contributed by atoms with Crippen LogP contribution in [-0.2, 0) is 20.3 Å².